The molecule has 1 saturated heterocycles. The smallest absolute Gasteiger partial charge is 0.283 e. The number of aromatic nitrogens is 2. The van der Waals surface area contributed by atoms with Crippen LogP contribution in [-0.2, 0) is 9.53 Å². The van der Waals surface area contributed by atoms with Crippen LogP contribution in [0.25, 0.3) is 11.8 Å². The number of ether oxygens (including phenoxy) is 1. The molecule has 0 bridgehead atoms. The van der Waals surface area contributed by atoms with Gasteiger partial charge in [0.25, 0.3) is 5.89 Å². The Hall–Kier alpha value is -2.63. The molecule has 6 heteroatoms. The summed E-state index contributed by atoms with van der Waals surface area (Å²) in [6.07, 6.45) is 2.21. The molecule has 108 valence electrons. The molecule has 2 aromatic rings. The minimum Gasteiger partial charge on any atom is -0.491 e. The molecule has 0 spiro atoms. The van der Waals surface area contributed by atoms with Gasteiger partial charge in [-0.05, 0) is 11.6 Å². The van der Waals surface area contributed by atoms with Gasteiger partial charge in [-0.25, -0.2) is 0 Å². The van der Waals surface area contributed by atoms with Crippen molar-refractivity contribution in [1.29, 1.82) is 0 Å². The first-order valence-corrected chi connectivity index (χ1v) is 6.67. The van der Waals surface area contributed by atoms with Crippen LogP contribution in [-0.4, -0.2) is 29.8 Å². The quantitative estimate of drug-likeness (QED) is 0.867. The standard InChI is InChI=1S/C15H15N3O3/c1-20-12(7-10-5-3-2-4-6-10)15-18-17-14(21-15)11-8-13(19)16-9-11/h2-7,11H,8-9H2,1H3,(H,16,19)/b12-7+. The molecule has 1 amide bonds. The van der Waals surface area contributed by atoms with E-state index in [0.29, 0.717) is 30.5 Å². The van der Waals surface area contributed by atoms with Crippen molar-refractivity contribution in [3.05, 3.63) is 47.7 Å². The highest BCUT2D eigenvalue weighted by Crippen LogP contribution is 2.25. The zero-order valence-corrected chi connectivity index (χ0v) is 11.6. The third-order valence-corrected chi connectivity index (χ3v) is 3.30. The summed E-state index contributed by atoms with van der Waals surface area (Å²) in [5, 5.41) is 10.8. The molecule has 1 atom stereocenters. The van der Waals surface area contributed by atoms with Gasteiger partial charge in [0, 0.05) is 13.0 Å². The van der Waals surface area contributed by atoms with Crippen molar-refractivity contribution in [2.24, 2.45) is 0 Å². The molecule has 1 aromatic heterocycles. The second-order valence-corrected chi connectivity index (χ2v) is 4.77. The van der Waals surface area contributed by atoms with Gasteiger partial charge in [0.05, 0.1) is 13.0 Å². The number of methoxy groups -OCH3 is 1. The molecule has 1 aromatic carbocycles. The zero-order valence-electron chi connectivity index (χ0n) is 11.6. The Kier molecular flexibility index (Phi) is 3.68. The number of hydrogen-bond acceptors (Lipinski definition) is 5. The van der Waals surface area contributed by atoms with E-state index in [0.717, 1.165) is 5.56 Å². The average molecular weight is 285 g/mol. The Morgan fingerprint density at radius 2 is 2.19 bits per heavy atom. The van der Waals surface area contributed by atoms with E-state index in [9.17, 15) is 4.79 Å². The van der Waals surface area contributed by atoms with Crippen molar-refractivity contribution >= 4 is 17.7 Å². The van der Waals surface area contributed by atoms with Gasteiger partial charge >= 0.3 is 0 Å². The van der Waals surface area contributed by atoms with Crippen LogP contribution in [0, 0.1) is 0 Å². The number of rotatable bonds is 4. The number of benzene rings is 1. The summed E-state index contributed by atoms with van der Waals surface area (Å²) in [5.74, 6) is 1.22. The zero-order chi connectivity index (χ0) is 14.7. The molecule has 0 radical (unpaired) electrons. The Balaban J connectivity index is 1.84. The number of amides is 1. The number of hydrogen-bond donors (Lipinski definition) is 1. The summed E-state index contributed by atoms with van der Waals surface area (Å²) in [4.78, 5) is 11.2. The van der Waals surface area contributed by atoms with E-state index in [1.54, 1.807) is 7.11 Å². The molecule has 3 rings (SSSR count). The Labute approximate surface area is 121 Å². The van der Waals surface area contributed by atoms with Gasteiger partial charge in [-0.15, -0.1) is 10.2 Å². The van der Waals surface area contributed by atoms with Crippen LogP contribution >= 0.6 is 0 Å². The fourth-order valence-electron chi connectivity index (χ4n) is 2.19. The lowest BCUT2D eigenvalue weighted by Crippen LogP contribution is -2.13. The lowest BCUT2D eigenvalue weighted by Gasteiger charge is -2.02. The highest BCUT2D eigenvalue weighted by Gasteiger charge is 2.28. The minimum atomic E-state index is -0.0615. The maximum atomic E-state index is 11.2. The first-order valence-electron chi connectivity index (χ1n) is 6.67. The van der Waals surface area contributed by atoms with Crippen LogP contribution in [0.1, 0.15) is 29.7 Å². The number of carbonyl (C=O) groups is 1. The predicted octanol–water partition coefficient (Wildman–Crippen LogP) is 1.82. The van der Waals surface area contributed by atoms with Crippen LogP contribution < -0.4 is 5.32 Å². The van der Waals surface area contributed by atoms with Crippen molar-refractivity contribution < 1.29 is 13.9 Å². The maximum absolute atomic E-state index is 11.2. The summed E-state index contributed by atoms with van der Waals surface area (Å²) >= 11 is 0. The molecule has 2 heterocycles. The van der Waals surface area contributed by atoms with Gasteiger partial charge in [0.1, 0.15) is 0 Å². The Bertz CT molecular complexity index is 664. The molecule has 1 fully saturated rings. The Morgan fingerprint density at radius 1 is 1.38 bits per heavy atom. The fourth-order valence-corrected chi connectivity index (χ4v) is 2.19. The van der Waals surface area contributed by atoms with E-state index >= 15 is 0 Å². The van der Waals surface area contributed by atoms with Crippen molar-refractivity contribution in [2.45, 2.75) is 12.3 Å². The van der Waals surface area contributed by atoms with Gasteiger partial charge in [-0.1, -0.05) is 30.3 Å². The largest absolute Gasteiger partial charge is 0.491 e. The molecule has 0 saturated carbocycles. The summed E-state index contributed by atoms with van der Waals surface area (Å²) in [6, 6.07) is 9.73. The highest BCUT2D eigenvalue weighted by atomic mass is 16.5. The normalized spacial score (nSPS) is 18.6. The van der Waals surface area contributed by atoms with Crippen LogP contribution in [0.15, 0.2) is 34.7 Å². The van der Waals surface area contributed by atoms with Gasteiger partial charge in [0.2, 0.25) is 11.8 Å². The van der Waals surface area contributed by atoms with Gasteiger partial charge in [0.15, 0.2) is 5.76 Å². The molecule has 1 unspecified atom stereocenters. The third kappa shape index (κ3) is 2.94. The molecular formula is C15H15N3O3. The van der Waals surface area contributed by atoms with Crippen molar-refractivity contribution in [3.63, 3.8) is 0 Å². The van der Waals surface area contributed by atoms with Crippen LogP contribution in [0.4, 0.5) is 0 Å². The number of nitrogens with one attached hydrogen (secondary N) is 1. The monoisotopic (exact) mass is 285 g/mol. The van der Waals surface area contributed by atoms with Crippen LogP contribution in [0.3, 0.4) is 0 Å². The van der Waals surface area contributed by atoms with E-state index < -0.39 is 0 Å². The lowest BCUT2D eigenvalue weighted by molar-refractivity contribution is -0.119. The van der Waals surface area contributed by atoms with E-state index in [4.69, 9.17) is 9.15 Å². The molecular weight excluding hydrogens is 270 g/mol. The number of carbonyl (C=O) groups excluding carboxylic acids is 1. The second kappa shape index (κ2) is 5.78. The summed E-state index contributed by atoms with van der Waals surface area (Å²) in [6.45, 7) is 0.533. The predicted molar refractivity (Wildman–Crippen MR) is 76.0 cm³/mol. The molecule has 6 nitrogen and oxygen atoms in total. The summed E-state index contributed by atoms with van der Waals surface area (Å²) < 4.78 is 11.0. The SMILES string of the molecule is CO/C(=C/c1ccccc1)c1nnc(C2CNC(=O)C2)o1. The minimum absolute atomic E-state index is 0.00606. The fraction of sp³-hybridized carbons (Fsp3) is 0.267. The molecule has 0 aliphatic carbocycles. The second-order valence-electron chi connectivity index (χ2n) is 4.77. The number of nitrogens with zero attached hydrogens (tertiary/aromatic N) is 2. The van der Waals surface area contributed by atoms with Crippen LogP contribution in [0.2, 0.25) is 0 Å². The summed E-state index contributed by atoms with van der Waals surface area (Å²) in [7, 11) is 1.55. The Morgan fingerprint density at radius 3 is 2.86 bits per heavy atom. The van der Waals surface area contributed by atoms with E-state index in [-0.39, 0.29) is 11.8 Å². The van der Waals surface area contributed by atoms with Gasteiger partial charge in [-0.3, -0.25) is 4.79 Å². The van der Waals surface area contributed by atoms with E-state index in [1.165, 1.54) is 0 Å². The molecule has 1 N–H and O–H groups in total. The van der Waals surface area contributed by atoms with Crippen molar-refractivity contribution in [3.8, 4) is 0 Å². The highest BCUT2D eigenvalue weighted by molar-refractivity contribution is 5.79. The molecule has 1 aliphatic heterocycles. The van der Waals surface area contributed by atoms with Gasteiger partial charge in [-0.2, -0.15) is 0 Å². The molecule has 1 aliphatic rings. The van der Waals surface area contributed by atoms with E-state index in [2.05, 4.69) is 15.5 Å². The van der Waals surface area contributed by atoms with Gasteiger partial charge < -0.3 is 14.5 Å². The summed E-state index contributed by atoms with van der Waals surface area (Å²) in [5.41, 5.74) is 0.979. The van der Waals surface area contributed by atoms with Crippen molar-refractivity contribution in [2.75, 3.05) is 13.7 Å². The van der Waals surface area contributed by atoms with Crippen LogP contribution in [0.5, 0.6) is 0 Å². The maximum Gasteiger partial charge on any atom is 0.283 e. The average Bonchev–Trinajstić information content (AvgIpc) is 3.14. The van der Waals surface area contributed by atoms with E-state index in [1.807, 2.05) is 36.4 Å². The lowest BCUT2D eigenvalue weighted by atomic mass is 10.1. The topological polar surface area (TPSA) is 77.3 Å². The first-order chi connectivity index (χ1) is 10.3. The first kappa shape index (κ1) is 13.4. The van der Waals surface area contributed by atoms with Crippen molar-refractivity contribution in [1.82, 2.24) is 15.5 Å². The molecule has 21 heavy (non-hydrogen) atoms. The third-order valence-electron chi connectivity index (χ3n) is 3.30.